The van der Waals surface area contributed by atoms with Crippen molar-refractivity contribution in [2.24, 2.45) is 0 Å². The molecule has 0 radical (unpaired) electrons. The van der Waals surface area contributed by atoms with Gasteiger partial charge in [-0.25, -0.2) is 14.6 Å². The van der Waals surface area contributed by atoms with Gasteiger partial charge in [-0.15, -0.1) is 0 Å². The fraction of sp³-hybridized carbons (Fsp3) is 0.333. The van der Waals surface area contributed by atoms with Crippen molar-refractivity contribution in [1.82, 2.24) is 19.8 Å². The number of aromatic carboxylic acids is 1. The fourth-order valence-corrected chi connectivity index (χ4v) is 1.49. The number of rotatable bonds is 4. The second kappa shape index (κ2) is 4.24. The Morgan fingerprint density at radius 2 is 2.24 bits per heavy atom. The minimum absolute atomic E-state index is 0.0170. The zero-order valence-electron chi connectivity index (χ0n) is 8.79. The molecule has 0 spiro atoms. The largest absolute Gasteiger partial charge is 0.476 e. The molecule has 1 aromatic rings. The summed E-state index contributed by atoms with van der Waals surface area (Å²) in [4.78, 5) is 37.8. The zero-order chi connectivity index (χ0) is 12.4. The predicted molar refractivity (Wildman–Crippen MR) is 54.3 cm³/mol. The smallest absolute Gasteiger partial charge is 0.356 e. The summed E-state index contributed by atoms with van der Waals surface area (Å²) < 4.78 is 1.52. The molecule has 1 saturated heterocycles. The van der Waals surface area contributed by atoms with E-state index < -0.39 is 12.0 Å². The fourth-order valence-electron chi connectivity index (χ4n) is 1.49. The molecule has 17 heavy (non-hydrogen) atoms. The van der Waals surface area contributed by atoms with E-state index in [9.17, 15) is 14.4 Å². The van der Waals surface area contributed by atoms with E-state index in [4.69, 9.17) is 5.11 Å². The normalized spacial score (nSPS) is 15.2. The van der Waals surface area contributed by atoms with E-state index in [1.807, 2.05) is 0 Å². The number of aromatic nitrogens is 2. The Morgan fingerprint density at radius 3 is 2.76 bits per heavy atom. The van der Waals surface area contributed by atoms with Gasteiger partial charge in [-0.2, -0.15) is 0 Å². The monoisotopic (exact) mass is 238 g/mol. The van der Waals surface area contributed by atoms with Crippen LogP contribution in [0.1, 0.15) is 10.5 Å². The van der Waals surface area contributed by atoms with Crippen LogP contribution in [0.3, 0.4) is 0 Å². The van der Waals surface area contributed by atoms with Crippen LogP contribution in [0.5, 0.6) is 0 Å². The van der Waals surface area contributed by atoms with E-state index in [0.29, 0.717) is 6.54 Å². The number of hydrogen-bond acceptors (Lipinski definition) is 4. The highest BCUT2D eigenvalue weighted by Crippen LogP contribution is 2.01. The second-order valence-corrected chi connectivity index (χ2v) is 3.51. The maximum Gasteiger partial charge on any atom is 0.356 e. The van der Waals surface area contributed by atoms with Crippen molar-refractivity contribution in [2.45, 2.75) is 6.54 Å². The highest BCUT2D eigenvalue weighted by Gasteiger charge is 2.27. The molecule has 8 heteroatoms. The molecule has 2 N–H and O–H groups in total. The Kier molecular flexibility index (Phi) is 2.77. The Balaban J connectivity index is 1.95. The molecular formula is C9H10N4O4. The maximum absolute atomic E-state index is 11.2. The number of urea groups is 1. The molecule has 90 valence electrons. The summed E-state index contributed by atoms with van der Waals surface area (Å²) in [5.74, 6) is -1.40. The molecule has 2 rings (SSSR count). The Morgan fingerprint density at radius 1 is 1.47 bits per heavy atom. The number of carboxylic acids is 1. The Bertz CT molecular complexity index is 465. The third kappa shape index (κ3) is 2.25. The molecule has 0 aromatic carbocycles. The van der Waals surface area contributed by atoms with E-state index in [-0.39, 0.29) is 24.7 Å². The average molecular weight is 238 g/mol. The Hall–Kier alpha value is -2.38. The van der Waals surface area contributed by atoms with Gasteiger partial charge in [-0.3, -0.25) is 9.69 Å². The number of imidazole rings is 1. The first-order valence-corrected chi connectivity index (χ1v) is 4.91. The number of carbonyl (C=O) groups excluding carboxylic acids is 2. The summed E-state index contributed by atoms with van der Waals surface area (Å²) in [6.45, 7) is 0.530. The summed E-state index contributed by atoms with van der Waals surface area (Å²) in [6.07, 6.45) is 2.70. The summed E-state index contributed by atoms with van der Waals surface area (Å²) in [5, 5.41) is 11.1. The van der Waals surface area contributed by atoms with Crippen molar-refractivity contribution in [1.29, 1.82) is 0 Å². The number of hydrogen-bond donors (Lipinski definition) is 2. The Labute approximate surface area is 95.8 Å². The van der Waals surface area contributed by atoms with Crippen LogP contribution in [0.25, 0.3) is 0 Å². The summed E-state index contributed by atoms with van der Waals surface area (Å²) in [6, 6.07) is -0.423. The van der Waals surface area contributed by atoms with Gasteiger partial charge in [0, 0.05) is 19.3 Å². The van der Waals surface area contributed by atoms with Crippen molar-refractivity contribution >= 4 is 17.9 Å². The van der Waals surface area contributed by atoms with E-state index in [0.717, 1.165) is 4.90 Å². The van der Waals surface area contributed by atoms with Gasteiger partial charge in [0.2, 0.25) is 5.91 Å². The van der Waals surface area contributed by atoms with Crippen LogP contribution in [0, 0.1) is 0 Å². The average Bonchev–Trinajstić information content (AvgIpc) is 2.85. The molecule has 1 fully saturated rings. The van der Waals surface area contributed by atoms with E-state index in [1.165, 1.54) is 17.1 Å². The minimum atomic E-state index is -1.11. The summed E-state index contributed by atoms with van der Waals surface area (Å²) in [7, 11) is 0. The quantitative estimate of drug-likeness (QED) is 0.663. The van der Waals surface area contributed by atoms with Crippen molar-refractivity contribution in [3.05, 3.63) is 18.2 Å². The number of imide groups is 1. The van der Waals surface area contributed by atoms with Gasteiger partial charge < -0.3 is 15.0 Å². The van der Waals surface area contributed by atoms with Crippen LogP contribution in [-0.2, 0) is 11.3 Å². The van der Waals surface area contributed by atoms with Gasteiger partial charge in [0.1, 0.15) is 0 Å². The van der Waals surface area contributed by atoms with Gasteiger partial charge in [0.15, 0.2) is 5.69 Å². The molecule has 0 bridgehead atoms. The number of amides is 3. The molecule has 2 heterocycles. The van der Waals surface area contributed by atoms with Gasteiger partial charge >= 0.3 is 12.0 Å². The number of nitrogens with zero attached hydrogens (tertiary/aromatic N) is 3. The van der Waals surface area contributed by atoms with Crippen molar-refractivity contribution < 1.29 is 19.5 Å². The number of nitrogens with one attached hydrogen (secondary N) is 1. The molecule has 0 aliphatic carbocycles. The number of carboxylic acid groups (broad SMARTS) is 1. The third-order valence-electron chi connectivity index (χ3n) is 2.37. The maximum atomic E-state index is 11.2. The summed E-state index contributed by atoms with van der Waals surface area (Å²) in [5.41, 5.74) is -0.0674. The lowest BCUT2D eigenvalue weighted by atomic mass is 10.5. The molecule has 8 nitrogen and oxygen atoms in total. The number of carbonyl (C=O) groups is 3. The molecule has 1 aliphatic heterocycles. The highest BCUT2D eigenvalue weighted by atomic mass is 16.4. The van der Waals surface area contributed by atoms with Crippen LogP contribution in [-0.4, -0.2) is 50.6 Å². The van der Waals surface area contributed by atoms with Gasteiger partial charge in [-0.1, -0.05) is 0 Å². The first kappa shape index (κ1) is 11.1. The van der Waals surface area contributed by atoms with Crippen molar-refractivity contribution in [3.63, 3.8) is 0 Å². The molecule has 0 atom stereocenters. The zero-order valence-corrected chi connectivity index (χ0v) is 8.79. The lowest BCUT2D eigenvalue weighted by Crippen LogP contribution is -2.33. The van der Waals surface area contributed by atoms with Crippen molar-refractivity contribution in [3.8, 4) is 0 Å². The van der Waals surface area contributed by atoms with Gasteiger partial charge in [0.25, 0.3) is 0 Å². The van der Waals surface area contributed by atoms with Crippen LogP contribution in [0.15, 0.2) is 12.5 Å². The topological polar surface area (TPSA) is 105 Å². The molecule has 1 aromatic heterocycles. The second-order valence-electron chi connectivity index (χ2n) is 3.51. The SMILES string of the molecule is O=C(O)c1cn(CCN2C(=O)CNC2=O)cn1. The van der Waals surface area contributed by atoms with E-state index in [1.54, 1.807) is 0 Å². The first-order valence-electron chi connectivity index (χ1n) is 4.91. The highest BCUT2D eigenvalue weighted by molar-refractivity contribution is 6.01. The lowest BCUT2D eigenvalue weighted by Gasteiger charge is -2.11. The van der Waals surface area contributed by atoms with Crippen molar-refractivity contribution in [2.75, 3.05) is 13.1 Å². The third-order valence-corrected chi connectivity index (χ3v) is 2.37. The van der Waals surface area contributed by atoms with Crippen LogP contribution < -0.4 is 5.32 Å². The minimum Gasteiger partial charge on any atom is -0.476 e. The lowest BCUT2D eigenvalue weighted by molar-refractivity contribution is -0.125. The summed E-state index contributed by atoms with van der Waals surface area (Å²) >= 11 is 0. The molecular weight excluding hydrogens is 228 g/mol. The van der Waals surface area contributed by atoms with Crippen LogP contribution in [0.2, 0.25) is 0 Å². The van der Waals surface area contributed by atoms with Crippen LogP contribution in [0.4, 0.5) is 4.79 Å². The standard InChI is InChI=1S/C9H10N4O4/c14-7-3-10-9(17)13(7)2-1-12-4-6(8(15)16)11-5-12/h4-5H,1-3H2,(H,10,17)(H,15,16). The van der Waals surface area contributed by atoms with Crippen LogP contribution >= 0.6 is 0 Å². The molecule has 3 amide bonds. The van der Waals surface area contributed by atoms with Gasteiger partial charge in [0.05, 0.1) is 12.9 Å². The predicted octanol–water partition coefficient (Wildman–Crippen LogP) is -0.867. The van der Waals surface area contributed by atoms with Gasteiger partial charge in [-0.05, 0) is 0 Å². The van der Waals surface area contributed by atoms with E-state index in [2.05, 4.69) is 10.3 Å². The van der Waals surface area contributed by atoms with E-state index >= 15 is 0 Å². The first-order chi connectivity index (χ1) is 8.08. The molecule has 0 unspecified atom stereocenters. The molecule has 1 aliphatic rings. The molecule has 0 saturated carbocycles.